The lowest BCUT2D eigenvalue weighted by atomic mass is 10.2. The largest absolute Gasteiger partial charge is 0.322 e. The van der Waals surface area contributed by atoms with Crippen LogP contribution in [0.15, 0.2) is 36.5 Å². The van der Waals surface area contributed by atoms with Crippen molar-refractivity contribution in [3.8, 4) is 0 Å². The zero-order valence-electron chi connectivity index (χ0n) is 8.95. The first-order valence-electron chi connectivity index (χ1n) is 4.94. The van der Waals surface area contributed by atoms with Crippen LogP contribution in [0.3, 0.4) is 0 Å². The molecular weight excluding hydrogens is 245 g/mol. The van der Waals surface area contributed by atoms with Crippen molar-refractivity contribution in [3.05, 3.63) is 59.7 Å². The molecule has 6 heteroatoms. The molecule has 0 saturated carbocycles. The van der Waals surface area contributed by atoms with Gasteiger partial charge in [0.2, 0.25) is 5.95 Å². The van der Waals surface area contributed by atoms with E-state index in [9.17, 15) is 18.0 Å². The fourth-order valence-electron chi connectivity index (χ4n) is 1.38. The third-order valence-corrected chi connectivity index (χ3v) is 2.12. The maximum Gasteiger partial charge on any atom is 0.260 e. The number of nitrogens with zero attached hydrogens (tertiary/aromatic N) is 1. The normalized spacial score (nSPS) is 10.2. The lowest BCUT2D eigenvalue weighted by molar-refractivity contribution is 0.102. The number of hydrogen-bond donors (Lipinski definition) is 1. The zero-order valence-corrected chi connectivity index (χ0v) is 8.95. The summed E-state index contributed by atoms with van der Waals surface area (Å²) in [6, 6.07) is 5.11. The molecule has 3 nitrogen and oxygen atoms in total. The minimum absolute atomic E-state index is 0.0965. The van der Waals surface area contributed by atoms with Gasteiger partial charge in [0.15, 0.2) is 0 Å². The number of aromatic nitrogens is 1. The van der Waals surface area contributed by atoms with Gasteiger partial charge in [0.05, 0.1) is 5.56 Å². The molecule has 2 aromatic rings. The number of hydrogen-bond acceptors (Lipinski definition) is 2. The molecular formula is C12H7F3N2O. The molecule has 0 aliphatic heterocycles. The molecule has 1 heterocycles. The predicted molar refractivity (Wildman–Crippen MR) is 58.5 cm³/mol. The fraction of sp³-hybridized carbons (Fsp3) is 0. The van der Waals surface area contributed by atoms with E-state index in [-0.39, 0.29) is 11.3 Å². The summed E-state index contributed by atoms with van der Waals surface area (Å²) in [5, 5.41) is 2.18. The second kappa shape index (κ2) is 4.87. The van der Waals surface area contributed by atoms with Gasteiger partial charge in [-0.05, 0) is 24.3 Å². The summed E-state index contributed by atoms with van der Waals surface area (Å²) in [6.07, 6.45) is 1.19. The van der Waals surface area contributed by atoms with Crippen LogP contribution in [0.5, 0.6) is 0 Å². The van der Waals surface area contributed by atoms with Crippen LogP contribution in [0.25, 0.3) is 0 Å². The molecule has 18 heavy (non-hydrogen) atoms. The highest BCUT2D eigenvalue weighted by molar-refractivity contribution is 6.04. The van der Waals surface area contributed by atoms with Crippen molar-refractivity contribution < 1.29 is 18.0 Å². The van der Waals surface area contributed by atoms with Crippen molar-refractivity contribution in [2.75, 3.05) is 5.32 Å². The summed E-state index contributed by atoms with van der Waals surface area (Å²) in [5.41, 5.74) is -0.400. The van der Waals surface area contributed by atoms with E-state index in [1.165, 1.54) is 18.3 Å². The van der Waals surface area contributed by atoms with Gasteiger partial charge < -0.3 is 5.32 Å². The molecule has 0 spiro atoms. The zero-order chi connectivity index (χ0) is 13.1. The number of carbonyl (C=O) groups is 1. The molecule has 0 fully saturated rings. The molecule has 1 aromatic heterocycles. The van der Waals surface area contributed by atoms with Crippen molar-refractivity contribution in [2.24, 2.45) is 0 Å². The Morgan fingerprint density at radius 3 is 2.39 bits per heavy atom. The summed E-state index contributed by atoms with van der Waals surface area (Å²) in [4.78, 5) is 14.9. The monoisotopic (exact) mass is 252 g/mol. The van der Waals surface area contributed by atoms with Gasteiger partial charge in [-0.2, -0.15) is 4.39 Å². The number of nitrogens with one attached hydrogen (secondary N) is 1. The van der Waals surface area contributed by atoms with Crippen molar-refractivity contribution >= 4 is 11.6 Å². The Bertz CT molecular complexity index is 581. The van der Waals surface area contributed by atoms with Crippen molar-refractivity contribution in [3.63, 3.8) is 0 Å². The van der Waals surface area contributed by atoms with Gasteiger partial charge in [-0.25, -0.2) is 13.8 Å². The van der Waals surface area contributed by atoms with Crippen LogP contribution >= 0.6 is 0 Å². The molecule has 1 aromatic carbocycles. The molecule has 0 saturated heterocycles. The van der Waals surface area contributed by atoms with Crippen LogP contribution in [0.2, 0.25) is 0 Å². The lowest BCUT2D eigenvalue weighted by Crippen LogP contribution is -2.14. The van der Waals surface area contributed by atoms with E-state index < -0.39 is 23.5 Å². The third-order valence-electron chi connectivity index (χ3n) is 2.12. The summed E-state index contributed by atoms with van der Waals surface area (Å²) in [5.74, 6) is -3.45. The standard InChI is InChI=1S/C12H7F3N2O/c13-7-4-8(14)6-9(5-7)17-12(18)10-2-1-3-16-11(10)15/h1-6H,(H,17,18). The van der Waals surface area contributed by atoms with Crippen LogP contribution in [-0.2, 0) is 0 Å². The lowest BCUT2D eigenvalue weighted by Gasteiger charge is -2.05. The number of anilines is 1. The Kier molecular flexibility index (Phi) is 3.27. The fourth-order valence-corrected chi connectivity index (χ4v) is 1.38. The smallest absolute Gasteiger partial charge is 0.260 e. The van der Waals surface area contributed by atoms with Crippen LogP contribution in [0, 0.1) is 17.6 Å². The van der Waals surface area contributed by atoms with E-state index in [0.29, 0.717) is 6.07 Å². The minimum Gasteiger partial charge on any atom is -0.322 e. The molecule has 0 bridgehead atoms. The molecule has 0 atom stereocenters. The molecule has 0 unspecified atom stereocenters. The number of benzene rings is 1. The number of rotatable bonds is 2. The van der Waals surface area contributed by atoms with E-state index in [1.807, 2.05) is 0 Å². The van der Waals surface area contributed by atoms with Crippen molar-refractivity contribution in [2.45, 2.75) is 0 Å². The molecule has 0 aliphatic rings. The van der Waals surface area contributed by atoms with Gasteiger partial charge in [0, 0.05) is 18.0 Å². The molecule has 0 aliphatic carbocycles. The van der Waals surface area contributed by atoms with Gasteiger partial charge in [-0.15, -0.1) is 0 Å². The van der Waals surface area contributed by atoms with Gasteiger partial charge >= 0.3 is 0 Å². The maximum absolute atomic E-state index is 13.2. The second-order valence-corrected chi connectivity index (χ2v) is 3.45. The van der Waals surface area contributed by atoms with Crippen LogP contribution < -0.4 is 5.32 Å². The number of amides is 1. The second-order valence-electron chi connectivity index (χ2n) is 3.45. The number of pyridine rings is 1. The number of carbonyl (C=O) groups excluding carboxylic acids is 1. The highest BCUT2D eigenvalue weighted by Gasteiger charge is 2.12. The molecule has 0 radical (unpaired) electrons. The van der Waals surface area contributed by atoms with Crippen molar-refractivity contribution in [1.82, 2.24) is 4.98 Å². The average Bonchev–Trinajstić information content (AvgIpc) is 2.27. The maximum atomic E-state index is 13.2. The Morgan fingerprint density at radius 2 is 1.78 bits per heavy atom. The van der Waals surface area contributed by atoms with Gasteiger partial charge in [0.1, 0.15) is 11.6 Å². The Morgan fingerprint density at radius 1 is 1.11 bits per heavy atom. The van der Waals surface area contributed by atoms with E-state index in [2.05, 4.69) is 10.3 Å². The van der Waals surface area contributed by atoms with E-state index in [1.54, 1.807) is 0 Å². The topological polar surface area (TPSA) is 42.0 Å². The predicted octanol–water partition coefficient (Wildman–Crippen LogP) is 2.75. The SMILES string of the molecule is O=C(Nc1cc(F)cc(F)c1)c1cccnc1F. The highest BCUT2D eigenvalue weighted by atomic mass is 19.1. The first kappa shape index (κ1) is 12.1. The third kappa shape index (κ3) is 2.65. The van der Waals surface area contributed by atoms with Crippen molar-refractivity contribution in [1.29, 1.82) is 0 Å². The van der Waals surface area contributed by atoms with Gasteiger partial charge in [-0.1, -0.05) is 0 Å². The summed E-state index contributed by atoms with van der Waals surface area (Å²) in [7, 11) is 0. The average molecular weight is 252 g/mol. The first-order valence-corrected chi connectivity index (χ1v) is 4.94. The Hall–Kier alpha value is -2.37. The Balaban J connectivity index is 2.24. The first-order chi connectivity index (χ1) is 8.56. The molecule has 92 valence electrons. The summed E-state index contributed by atoms with van der Waals surface area (Å²) >= 11 is 0. The van der Waals surface area contributed by atoms with E-state index in [4.69, 9.17) is 0 Å². The minimum atomic E-state index is -0.952. The van der Waals surface area contributed by atoms with Gasteiger partial charge in [-0.3, -0.25) is 4.79 Å². The van der Waals surface area contributed by atoms with Crippen LogP contribution in [0.1, 0.15) is 10.4 Å². The van der Waals surface area contributed by atoms with Gasteiger partial charge in [0.25, 0.3) is 5.91 Å². The summed E-state index contributed by atoms with van der Waals surface area (Å²) < 4.78 is 38.9. The van der Waals surface area contributed by atoms with Crippen LogP contribution in [-0.4, -0.2) is 10.9 Å². The van der Waals surface area contributed by atoms with E-state index in [0.717, 1.165) is 12.1 Å². The Labute approximate surface area is 100 Å². The summed E-state index contributed by atoms with van der Waals surface area (Å²) in [6.45, 7) is 0. The quantitative estimate of drug-likeness (QED) is 0.835. The van der Waals surface area contributed by atoms with Crippen LogP contribution in [0.4, 0.5) is 18.9 Å². The number of halogens is 3. The highest BCUT2D eigenvalue weighted by Crippen LogP contribution is 2.14. The molecule has 1 amide bonds. The molecule has 2 rings (SSSR count). The molecule has 1 N–H and O–H groups in total. The van der Waals surface area contributed by atoms with E-state index >= 15 is 0 Å².